The number of aromatic nitrogens is 2. The van der Waals surface area contributed by atoms with Crippen molar-refractivity contribution in [3.05, 3.63) is 48.3 Å². The topological polar surface area (TPSA) is 43.8 Å². The second kappa shape index (κ2) is 3.88. The van der Waals surface area contributed by atoms with Crippen LogP contribution in [0.3, 0.4) is 0 Å². The highest BCUT2D eigenvalue weighted by Crippen LogP contribution is 2.30. The van der Waals surface area contributed by atoms with Gasteiger partial charge in [0.15, 0.2) is 0 Å². The van der Waals surface area contributed by atoms with E-state index in [2.05, 4.69) is 47.9 Å². The zero-order valence-electron chi connectivity index (χ0n) is 10.5. The average Bonchev–Trinajstić information content (AvgIpc) is 2.69. The first kappa shape index (κ1) is 10.8. The first-order valence-corrected chi connectivity index (χ1v) is 5.93. The Morgan fingerprint density at radius 3 is 2.72 bits per heavy atom. The molecule has 0 saturated heterocycles. The van der Waals surface area contributed by atoms with Crippen LogP contribution in [0.4, 0.5) is 5.69 Å². The SMILES string of the molecule is Cc1cccc2c(-c3ccc(N)cn3)cn(C)c12. The van der Waals surface area contributed by atoms with Crippen molar-refractivity contribution in [1.29, 1.82) is 0 Å². The van der Waals surface area contributed by atoms with Gasteiger partial charge in [-0.05, 0) is 24.6 Å². The van der Waals surface area contributed by atoms with E-state index in [1.54, 1.807) is 6.20 Å². The van der Waals surface area contributed by atoms with E-state index in [4.69, 9.17) is 5.73 Å². The predicted octanol–water partition coefficient (Wildman–Crippen LogP) is 3.13. The van der Waals surface area contributed by atoms with Gasteiger partial charge in [0.05, 0.1) is 23.1 Å². The number of nitrogens with zero attached hydrogens (tertiary/aromatic N) is 2. The molecular formula is C15H15N3. The van der Waals surface area contributed by atoms with Crippen molar-refractivity contribution in [3.63, 3.8) is 0 Å². The number of nitrogen functional groups attached to an aromatic ring is 1. The van der Waals surface area contributed by atoms with E-state index in [9.17, 15) is 0 Å². The number of nitrogens with two attached hydrogens (primary N) is 1. The molecule has 18 heavy (non-hydrogen) atoms. The Balaban J connectivity index is 2.30. The molecule has 3 rings (SSSR count). The monoisotopic (exact) mass is 237 g/mol. The van der Waals surface area contributed by atoms with E-state index in [-0.39, 0.29) is 0 Å². The van der Waals surface area contributed by atoms with Crippen molar-refractivity contribution in [2.24, 2.45) is 7.05 Å². The molecular weight excluding hydrogens is 222 g/mol. The molecule has 0 aliphatic heterocycles. The lowest BCUT2D eigenvalue weighted by atomic mass is 10.1. The smallest absolute Gasteiger partial charge is 0.0725 e. The Hall–Kier alpha value is -2.29. The summed E-state index contributed by atoms with van der Waals surface area (Å²) in [4.78, 5) is 4.40. The minimum absolute atomic E-state index is 0.690. The third-order valence-corrected chi connectivity index (χ3v) is 3.27. The lowest BCUT2D eigenvalue weighted by Crippen LogP contribution is -1.87. The summed E-state index contributed by atoms with van der Waals surface area (Å²) in [6.45, 7) is 2.13. The highest BCUT2D eigenvalue weighted by Gasteiger charge is 2.10. The van der Waals surface area contributed by atoms with Crippen LogP contribution in [0.5, 0.6) is 0 Å². The number of pyridine rings is 1. The standard InChI is InChI=1S/C15H15N3/c1-10-4-3-5-12-13(9-18(2)15(10)12)14-7-6-11(16)8-17-14/h3-9H,16H2,1-2H3. The summed E-state index contributed by atoms with van der Waals surface area (Å²) >= 11 is 0. The zero-order chi connectivity index (χ0) is 12.7. The Morgan fingerprint density at radius 2 is 2.00 bits per heavy atom. The van der Waals surface area contributed by atoms with Gasteiger partial charge in [0.2, 0.25) is 0 Å². The summed E-state index contributed by atoms with van der Waals surface area (Å²) in [6.07, 6.45) is 3.82. The van der Waals surface area contributed by atoms with Crippen LogP contribution < -0.4 is 5.73 Å². The summed E-state index contributed by atoms with van der Waals surface area (Å²) < 4.78 is 2.15. The van der Waals surface area contributed by atoms with Crippen molar-refractivity contribution in [1.82, 2.24) is 9.55 Å². The van der Waals surface area contributed by atoms with Gasteiger partial charge in [-0.15, -0.1) is 0 Å². The highest BCUT2D eigenvalue weighted by atomic mass is 14.9. The Labute approximate surface area is 106 Å². The molecule has 0 spiro atoms. The number of para-hydroxylation sites is 1. The van der Waals surface area contributed by atoms with Crippen molar-refractivity contribution in [2.45, 2.75) is 6.92 Å². The molecule has 2 N–H and O–H groups in total. The highest BCUT2D eigenvalue weighted by molar-refractivity contribution is 5.96. The molecule has 0 amide bonds. The van der Waals surface area contributed by atoms with E-state index in [1.807, 2.05) is 12.1 Å². The predicted molar refractivity (Wildman–Crippen MR) is 75.3 cm³/mol. The van der Waals surface area contributed by atoms with Gasteiger partial charge in [-0.1, -0.05) is 18.2 Å². The van der Waals surface area contributed by atoms with E-state index < -0.39 is 0 Å². The van der Waals surface area contributed by atoms with Crippen LogP contribution in [0.15, 0.2) is 42.7 Å². The first-order valence-electron chi connectivity index (χ1n) is 5.93. The molecule has 0 aliphatic carbocycles. The molecule has 90 valence electrons. The van der Waals surface area contributed by atoms with Crippen molar-refractivity contribution in [3.8, 4) is 11.3 Å². The molecule has 1 aromatic carbocycles. The van der Waals surface area contributed by atoms with Gasteiger partial charge in [0.1, 0.15) is 0 Å². The van der Waals surface area contributed by atoms with Crippen molar-refractivity contribution < 1.29 is 0 Å². The van der Waals surface area contributed by atoms with Crippen LogP contribution in [0.1, 0.15) is 5.56 Å². The van der Waals surface area contributed by atoms with Gasteiger partial charge in [0, 0.05) is 24.2 Å². The second-order valence-corrected chi connectivity index (χ2v) is 4.60. The molecule has 0 aliphatic rings. The molecule has 0 unspecified atom stereocenters. The van der Waals surface area contributed by atoms with E-state index in [1.165, 1.54) is 16.5 Å². The van der Waals surface area contributed by atoms with Crippen LogP contribution >= 0.6 is 0 Å². The Morgan fingerprint density at radius 1 is 1.17 bits per heavy atom. The number of aryl methyl sites for hydroxylation is 2. The summed E-state index contributed by atoms with van der Waals surface area (Å²) in [7, 11) is 2.07. The molecule has 2 heterocycles. The third-order valence-electron chi connectivity index (χ3n) is 3.27. The number of anilines is 1. The van der Waals surface area contributed by atoms with Gasteiger partial charge >= 0.3 is 0 Å². The molecule has 0 bridgehead atoms. The summed E-state index contributed by atoms with van der Waals surface area (Å²) in [6, 6.07) is 10.2. The van der Waals surface area contributed by atoms with Crippen LogP contribution in [0, 0.1) is 6.92 Å². The minimum Gasteiger partial charge on any atom is -0.397 e. The van der Waals surface area contributed by atoms with Crippen LogP contribution in [-0.2, 0) is 7.05 Å². The van der Waals surface area contributed by atoms with Crippen LogP contribution in [-0.4, -0.2) is 9.55 Å². The second-order valence-electron chi connectivity index (χ2n) is 4.60. The normalized spacial score (nSPS) is 11.0. The Kier molecular flexibility index (Phi) is 2.33. The van der Waals surface area contributed by atoms with E-state index >= 15 is 0 Å². The summed E-state index contributed by atoms with van der Waals surface area (Å²) in [5.41, 5.74) is 11.0. The maximum absolute atomic E-state index is 5.68. The van der Waals surface area contributed by atoms with Crippen molar-refractivity contribution >= 4 is 16.6 Å². The Bertz CT molecular complexity index is 708. The zero-order valence-corrected chi connectivity index (χ0v) is 10.5. The maximum Gasteiger partial charge on any atom is 0.0725 e. The number of rotatable bonds is 1. The fourth-order valence-corrected chi connectivity index (χ4v) is 2.44. The largest absolute Gasteiger partial charge is 0.397 e. The lowest BCUT2D eigenvalue weighted by molar-refractivity contribution is 0.964. The van der Waals surface area contributed by atoms with E-state index in [0.717, 1.165) is 11.3 Å². The first-order chi connectivity index (χ1) is 8.66. The average molecular weight is 237 g/mol. The van der Waals surface area contributed by atoms with Crippen molar-refractivity contribution in [2.75, 3.05) is 5.73 Å². The molecule has 2 aromatic heterocycles. The number of benzene rings is 1. The minimum atomic E-state index is 0.690. The molecule has 3 heteroatoms. The maximum atomic E-state index is 5.68. The number of hydrogen-bond acceptors (Lipinski definition) is 2. The van der Waals surface area contributed by atoms with E-state index in [0.29, 0.717) is 5.69 Å². The molecule has 0 fully saturated rings. The number of fused-ring (bicyclic) bond motifs is 1. The van der Waals surface area contributed by atoms with Gasteiger partial charge in [-0.2, -0.15) is 0 Å². The molecule has 0 saturated carbocycles. The molecule has 3 aromatic rings. The summed E-state index contributed by atoms with van der Waals surface area (Å²) in [5, 5.41) is 1.23. The van der Waals surface area contributed by atoms with Gasteiger partial charge in [0.25, 0.3) is 0 Å². The summed E-state index contributed by atoms with van der Waals surface area (Å²) in [5.74, 6) is 0. The lowest BCUT2D eigenvalue weighted by Gasteiger charge is -2.01. The quantitative estimate of drug-likeness (QED) is 0.706. The van der Waals surface area contributed by atoms with Gasteiger partial charge in [-0.25, -0.2) is 0 Å². The molecule has 0 atom stereocenters. The van der Waals surface area contributed by atoms with Gasteiger partial charge < -0.3 is 10.3 Å². The third kappa shape index (κ3) is 1.56. The van der Waals surface area contributed by atoms with Crippen LogP contribution in [0.25, 0.3) is 22.2 Å². The fourth-order valence-electron chi connectivity index (χ4n) is 2.44. The number of hydrogen-bond donors (Lipinski definition) is 1. The molecule has 3 nitrogen and oxygen atoms in total. The molecule has 0 radical (unpaired) electrons. The van der Waals surface area contributed by atoms with Crippen LogP contribution in [0.2, 0.25) is 0 Å². The fraction of sp³-hybridized carbons (Fsp3) is 0.133. The van der Waals surface area contributed by atoms with Gasteiger partial charge in [-0.3, -0.25) is 4.98 Å².